The Morgan fingerprint density at radius 2 is 1.95 bits per heavy atom. The molecule has 1 aromatic carbocycles. The highest BCUT2D eigenvalue weighted by Crippen LogP contribution is 2.27. The van der Waals surface area contributed by atoms with Crippen LogP contribution in [0.5, 0.6) is 5.75 Å². The van der Waals surface area contributed by atoms with E-state index in [0.29, 0.717) is 6.54 Å². The van der Waals surface area contributed by atoms with Crippen molar-refractivity contribution in [1.82, 2.24) is 0 Å². The van der Waals surface area contributed by atoms with Crippen LogP contribution in [0.15, 0.2) is 24.3 Å². The van der Waals surface area contributed by atoms with E-state index in [1.807, 2.05) is 18.2 Å². The molecule has 0 spiro atoms. The number of ether oxygens (including phenoxy) is 1. The molecule has 0 aromatic heterocycles. The van der Waals surface area contributed by atoms with Crippen LogP contribution in [-0.4, -0.2) is 45.8 Å². The summed E-state index contributed by atoms with van der Waals surface area (Å²) in [5, 5.41) is 11.1. The smallest absolute Gasteiger partial charge is 0.142 e. The fourth-order valence-electron chi connectivity index (χ4n) is 2.83. The SMILES string of the molecule is COc1ccccc1N1CC[NH+](CC(C)(C)C(=O)[O-])CC1. The molecule has 0 bridgehead atoms. The summed E-state index contributed by atoms with van der Waals surface area (Å²) in [6, 6.07) is 8.01. The van der Waals surface area contributed by atoms with Crippen LogP contribution in [0.1, 0.15) is 13.8 Å². The third-order valence-electron chi connectivity index (χ3n) is 4.14. The van der Waals surface area contributed by atoms with Crippen molar-refractivity contribution in [3.8, 4) is 5.75 Å². The van der Waals surface area contributed by atoms with E-state index in [4.69, 9.17) is 4.74 Å². The van der Waals surface area contributed by atoms with Gasteiger partial charge in [-0.1, -0.05) is 12.1 Å². The van der Waals surface area contributed by atoms with E-state index in [-0.39, 0.29) is 0 Å². The van der Waals surface area contributed by atoms with Gasteiger partial charge in [-0.2, -0.15) is 0 Å². The van der Waals surface area contributed by atoms with Crippen LogP contribution in [-0.2, 0) is 4.79 Å². The van der Waals surface area contributed by atoms with Gasteiger partial charge in [0.25, 0.3) is 0 Å². The quantitative estimate of drug-likeness (QED) is 0.770. The maximum atomic E-state index is 11.1. The van der Waals surface area contributed by atoms with Crippen LogP contribution in [0.25, 0.3) is 0 Å². The summed E-state index contributed by atoms with van der Waals surface area (Å²) < 4.78 is 5.40. The molecule has 0 saturated carbocycles. The molecule has 21 heavy (non-hydrogen) atoms. The molecule has 1 aliphatic heterocycles. The molecule has 1 saturated heterocycles. The standard InChI is InChI=1S/C16H24N2O3/c1-16(2,15(19)20)12-17-8-10-18(11-9-17)13-6-4-5-7-14(13)21-3/h4-7H,8-12H2,1-3H3,(H,19,20). The Kier molecular flexibility index (Phi) is 4.73. The second kappa shape index (κ2) is 6.35. The molecule has 5 heteroatoms. The normalized spacial score (nSPS) is 16.8. The summed E-state index contributed by atoms with van der Waals surface area (Å²) in [6.07, 6.45) is 0. The molecule has 0 atom stereocenters. The number of nitrogens with zero attached hydrogens (tertiary/aromatic N) is 1. The van der Waals surface area contributed by atoms with Crippen LogP contribution in [0, 0.1) is 5.41 Å². The molecule has 1 fully saturated rings. The first-order valence-electron chi connectivity index (χ1n) is 7.37. The zero-order valence-corrected chi connectivity index (χ0v) is 13.0. The van der Waals surface area contributed by atoms with E-state index in [0.717, 1.165) is 37.6 Å². The molecule has 1 heterocycles. The summed E-state index contributed by atoms with van der Waals surface area (Å²) in [4.78, 5) is 14.7. The number of carbonyl (C=O) groups is 1. The molecule has 0 radical (unpaired) electrons. The van der Waals surface area contributed by atoms with Crippen molar-refractivity contribution in [3.63, 3.8) is 0 Å². The molecule has 116 valence electrons. The number of para-hydroxylation sites is 2. The van der Waals surface area contributed by atoms with Gasteiger partial charge in [0.15, 0.2) is 0 Å². The van der Waals surface area contributed by atoms with Crippen LogP contribution in [0.2, 0.25) is 0 Å². The van der Waals surface area contributed by atoms with E-state index in [1.165, 1.54) is 4.90 Å². The Morgan fingerprint density at radius 3 is 2.52 bits per heavy atom. The van der Waals surface area contributed by atoms with Gasteiger partial charge in [0.2, 0.25) is 0 Å². The third-order valence-corrected chi connectivity index (χ3v) is 4.14. The minimum absolute atomic E-state index is 0.606. The largest absolute Gasteiger partial charge is 0.549 e. The lowest BCUT2D eigenvalue weighted by atomic mass is 9.93. The lowest BCUT2D eigenvalue weighted by molar-refractivity contribution is -0.906. The van der Waals surface area contributed by atoms with Crippen LogP contribution in [0.4, 0.5) is 5.69 Å². The Balaban J connectivity index is 1.96. The van der Waals surface area contributed by atoms with Gasteiger partial charge in [-0.25, -0.2) is 0 Å². The number of quaternary nitrogens is 1. The number of hydrogen-bond acceptors (Lipinski definition) is 4. The Morgan fingerprint density at radius 1 is 1.33 bits per heavy atom. The first-order chi connectivity index (χ1) is 9.94. The Bertz CT molecular complexity index is 494. The van der Waals surface area contributed by atoms with E-state index < -0.39 is 11.4 Å². The second-order valence-corrected chi connectivity index (χ2v) is 6.26. The lowest BCUT2D eigenvalue weighted by Gasteiger charge is -2.37. The van der Waals surface area contributed by atoms with Gasteiger partial charge in [0.05, 0.1) is 56.9 Å². The van der Waals surface area contributed by atoms with Gasteiger partial charge >= 0.3 is 0 Å². The molecule has 2 rings (SSSR count). The van der Waals surface area contributed by atoms with E-state index in [9.17, 15) is 9.90 Å². The van der Waals surface area contributed by atoms with Crippen molar-refractivity contribution in [2.45, 2.75) is 13.8 Å². The highest BCUT2D eigenvalue weighted by Gasteiger charge is 2.29. The number of benzene rings is 1. The van der Waals surface area contributed by atoms with E-state index in [1.54, 1.807) is 21.0 Å². The number of hydrogen-bond donors (Lipinski definition) is 1. The Labute approximate surface area is 126 Å². The second-order valence-electron chi connectivity index (χ2n) is 6.26. The summed E-state index contributed by atoms with van der Waals surface area (Å²) >= 11 is 0. The van der Waals surface area contributed by atoms with E-state index >= 15 is 0 Å². The first kappa shape index (κ1) is 15.6. The molecule has 0 amide bonds. The molecule has 0 unspecified atom stereocenters. The van der Waals surface area contributed by atoms with Crippen LogP contribution in [0.3, 0.4) is 0 Å². The number of rotatable bonds is 5. The van der Waals surface area contributed by atoms with Crippen molar-refractivity contribution in [3.05, 3.63) is 24.3 Å². The van der Waals surface area contributed by atoms with Gasteiger partial charge in [0.1, 0.15) is 5.75 Å². The number of carbonyl (C=O) groups excluding carboxylic acids is 1. The highest BCUT2D eigenvalue weighted by atomic mass is 16.5. The highest BCUT2D eigenvalue weighted by molar-refractivity contribution is 5.71. The van der Waals surface area contributed by atoms with Crippen molar-refractivity contribution in [1.29, 1.82) is 0 Å². The zero-order chi connectivity index (χ0) is 15.5. The number of piperazine rings is 1. The number of carboxylic acids is 1. The predicted molar refractivity (Wildman–Crippen MR) is 79.6 cm³/mol. The number of anilines is 1. The van der Waals surface area contributed by atoms with Crippen molar-refractivity contribution in [2.75, 3.05) is 44.7 Å². The molecule has 0 aliphatic carbocycles. The monoisotopic (exact) mass is 292 g/mol. The van der Waals surface area contributed by atoms with Gasteiger partial charge in [-0.05, 0) is 26.0 Å². The topological polar surface area (TPSA) is 57.0 Å². The summed E-state index contributed by atoms with van der Waals surface area (Å²) in [7, 11) is 1.68. The van der Waals surface area contributed by atoms with Gasteiger partial charge in [0, 0.05) is 0 Å². The number of aliphatic carboxylic acids is 1. The van der Waals surface area contributed by atoms with Crippen molar-refractivity contribution >= 4 is 11.7 Å². The maximum absolute atomic E-state index is 11.1. The minimum Gasteiger partial charge on any atom is -0.549 e. The number of carboxylic acid groups (broad SMARTS) is 1. The molecule has 1 aromatic rings. The zero-order valence-electron chi connectivity index (χ0n) is 13.0. The molecule has 1 N–H and O–H groups in total. The Hall–Kier alpha value is -1.75. The fourth-order valence-corrected chi connectivity index (χ4v) is 2.83. The van der Waals surface area contributed by atoms with Crippen LogP contribution < -0.4 is 19.6 Å². The maximum Gasteiger partial charge on any atom is 0.142 e. The third kappa shape index (κ3) is 3.67. The molecular weight excluding hydrogens is 268 g/mol. The molecular formula is C16H24N2O3. The van der Waals surface area contributed by atoms with E-state index in [2.05, 4.69) is 11.0 Å². The first-order valence-corrected chi connectivity index (χ1v) is 7.37. The number of methoxy groups -OCH3 is 1. The molecule has 5 nitrogen and oxygen atoms in total. The average molecular weight is 292 g/mol. The predicted octanol–water partition coefficient (Wildman–Crippen LogP) is -0.824. The fraction of sp³-hybridized carbons (Fsp3) is 0.562. The van der Waals surface area contributed by atoms with Gasteiger partial charge < -0.3 is 24.4 Å². The lowest BCUT2D eigenvalue weighted by Crippen LogP contribution is -3.16. The molecule has 1 aliphatic rings. The minimum atomic E-state index is -0.970. The van der Waals surface area contributed by atoms with Crippen LogP contribution >= 0.6 is 0 Å². The van der Waals surface area contributed by atoms with Crippen molar-refractivity contribution < 1.29 is 19.5 Å². The summed E-state index contributed by atoms with van der Waals surface area (Å²) in [6.45, 7) is 7.74. The summed E-state index contributed by atoms with van der Waals surface area (Å²) in [5.41, 5.74) is 0.334. The summed E-state index contributed by atoms with van der Waals surface area (Å²) in [5.74, 6) is -0.0850. The average Bonchev–Trinajstić information content (AvgIpc) is 2.47. The number of nitrogens with one attached hydrogen (secondary N) is 1. The van der Waals surface area contributed by atoms with Gasteiger partial charge in [-0.15, -0.1) is 0 Å². The van der Waals surface area contributed by atoms with Crippen molar-refractivity contribution in [2.24, 2.45) is 5.41 Å². The van der Waals surface area contributed by atoms with Gasteiger partial charge in [-0.3, -0.25) is 0 Å².